The highest BCUT2D eigenvalue weighted by molar-refractivity contribution is 6.08. The second kappa shape index (κ2) is 5.38. The minimum Gasteiger partial charge on any atom is -0.494 e. The van der Waals surface area contributed by atoms with Gasteiger partial charge in [-0.05, 0) is 5.56 Å². The number of methoxy groups -OCH3 is 1. The number of allylic oxidation sites excluding steroid dienone is 2. The lowest BCUT2D eigenvalue weighted by atomic mass is 10.0. The van der Waals surface area contributed by atoms with Crippen LogP contribution in [0.3, 0.4) is 0 Å². The van der Waals surface area contributed by atoms with Crippen LogP contribution in [0.5, 0.6) is 0 Å². The Bertz CT molecular complexity index is 477. The Kier molecular flexibility index (Phi) is 4.28. The van der Waals surface area contributed by atoms with E-state index in [2.05, 4.69) is 4.74 Å². The van der Waals surface area contributed by atoms with Gasteiger partial charge in [0.1, 0.15) is 0 Å². The van der Waals surface area contributed by atoms with Gasteiger partial charge in [-0.3, -0.25) is 4.79 Å². The van der Waals surface area contributed by atoms with Crippen LogP contribution in [0.2, 0.25) is 0 Å². The van der Waals surface area contributed by atoms with E-state index >= 15 is 0 Å². The van der Waals surface area contributed by atoms with Crippen molar-refractivity contribution >= 4 is 11.9 Å². The van der Waals surface area contributed by atoms with Crippen LogP contribution in [0.1, 0.15) is 5.56 Å². The number of hydrogen-bond acceptors (Lipinski definition) is 2. The van der Waals surface area contributed by atoms with Crippen molar-refractivity contribution in [1.29, 1.82) is 0 Å². The Balaban J connectivity index is 3.48. The second-order valence-electron chi connectivity index (χ2n) is 3.50. The van der Waals surface area contributed by atoms with Gasteiger partial charge in [0, 0.05) is 0 Å². The summed E-state index contributed by atoms with van der Waals surface area (Å²) in [4.78, 5) is 10.8. The quantitative estimate of drug-likeness (QED) is 0.365. The molecule has 0 fully saturated rings. The van der Waals surface area contributed by atoms with Crippen LogP contribution in [-0.4, -0.2) is 25.5 Å². The van der Waals surface area contributed by atoms with Gasteiger partial charge in [0.2, 0.25) is 0 Å². The van der Waals surface area contributed by atoms with E-state index in [9.17, 15) is 26.7 Å². The third-order valence-electron chi connectivity index (χ3n) is 2.29. The third kappa shape index (κ3) is 2.91. The van der Waals surface area contributed by atoms with Crippen molar-refractivity contribution < 1.29 is 31.5 Å². The van der Waals surface area contributed by atoms with Crippen LogP contribution in [0.25, 0.3) is 5.57 Å². The fourth-order valence-corrected chi connectivity index (χ4v) is 1.41. The summed E-state index contributed by atoms with van der Waals surface area (Å²) in [6.07, 6.45) is -5.94. The Morgan fingerprint density at radius 2 is 1.63 bits per heavy atom. The van der Waals surface area contributed by atoms with Crippen molar-refractivity contribution in [1.82, 2.24) is 0 Å². The fourth-order valence-electron chi connectivity index (χ4n) is 1.41. The van der Waals surface area contributed by atoms with Crippen molar-refractivity contribution in [2.45, 2.75) is 12.1 Å². The summed E-state index contributed by atoms with van der Waals surface area (Å²) in [5.41, 5.74) is -0.927. The summed E-state index contributed by atoms with van der Waals surface area (Å²) in [5.74, 6) is -6.96. The molecule has 0 aromatic heterocycles. The topological polar surface area (TPSA) is 26.3 Å². The molecular weight excluding hydrogens is 271 g/mol. The van der Waals surface area contributed by atoms with Crippen LogP contribution in [0.15, 0.2) is 36.1 Å². The summed E-state index contributed by atoms with van der Waals surface area (Å²) in [6.45, 7) is 0. The summed E-state index contributed by atoms with van der Waals surface area (Å²) in [6, 6.07) is 6.79. The van der Waals surface area contributed by atoms with Gasteiger partial charge in [-0.15, -0.1) is 0 Å². The van der Waals surface area contributed by atoms with Gasteiger partial charge >= 0.3 is 12.1 Å². The molecule has 104 valence electrons. The lowest BCUT2D eigenvalue weighted by Crippen LogP contribution is -2.39. The molecule has 19 heavy (non-hydrogen) atoms. The van der Waals surface area contributed by atoms with E-state index < -0.39 is 23.4 Å². The van der Waals surface area contributed by atoms with Crippen molar-refractivity contribution in [3.63, 3.8) is 0 Å². The number of alkyl halides is 5. The highest BCUT2D eigenvalue weighted by Crippen LogP contribution is 2.43. The summed E-state index contributed by atoms with van der Waals surface area (Å²) >= 11 is 0. The lowest BCUT2D eigenvalue weighted by molar-refractivity contribution is -0.275. The van der Waals surface area contributed by atoms with Crippen LogP contribution < -0.4 is 0 Å². The van der Waals surface area contributed by atoms with Crippen molar-refractivity contribution in [2.24, 2.45) is 0 Å². The number of halogens is 5. The number of hydrogen-bond donors (Lipinski definition) is 0. The first-order valence-corrected chi connectivity index (χ1v) is 4.99. The monoisotopic (exact) mass is 280 g/mol. The molecule has 0 aliphatic rings. The predicted octanol–water partition coefficient (Wildman–Crippen LogP) is 3.44. The van der Waals surface area contributed by atoms with E-state index in [1.165, 1.54) is 30.3 Å². The first kappa shape index (κ1) is 15.1. The summed E-state index contributed by atoms with van der Waals surface area (Å²) < 4.78 is 67.5. The highest BCUT2D eigenvalue weighted by Gasteiger charge is 2.62. The molecule has 2 nitrogen and oxygen atoms in total. The average molecular weight is 280 g/mol. The molecule has 0 N–H and O–H groups in total. The summed E-state index contributed by atoms with van der Waals surface area (Å²) in [5, 5.41) is 0. The van der Waals surface area contributed by atoms with Crippen LogP contribution in [-0.2, 0) is 9.53 Å². The van der Waals surface area contributed by atoms with E-state index in [1.54, 1.807) is 0 Å². The number of carbonyl (C=O) groups is 1. The molecule has 0 saturated carbocycles. The molecule has 0 unspecified atom stereocenters. The molecule has 0 heterocycles. The molecule has 0 atom stereocenters. The second-order valence-corrected chi connectivity index (χ2v) is 3.50. The number of aldehydes is 1. The van der Waals surface area contributed by atoms with E-state index in [0.29, 0.717) is 7.11 Å². The van der Waals surface area contributed by atoms with E-state index in [1.807, 2.05) is 0 Å². The molecule has 0 aliphatic carbocycles. The number of benzene rings is 1. The predicted molar refractivity (Wildman–Crippen MR) is 57.4 cm³/mol. The first-order chi connectivity index (χ1) is 8.75. The average Bonchev–Trinajstić information content (AvgIpc) is 2.35. The number of carbonyl (C=O) groups excluding carboxylic acids is 1. The van der Waals surface area contributed by atoms with Crippen molar-refractivity contribution in [3.8, 4) is 0 Å². The molecule has 1 rings (SSSR count). The van der Waals surface area contributed by atoms with Crippen molar-refractivity contribution in [2.75, 3.05) is 7.11 Å². The zero-order chi connectivity index (χ0) is 14.7. The Morgan fingerprint density at radius 3 is 2.00 bits per heavy atom. The van der Waals surface area contributed by atoms with Gasteiger partial charge in [0.15, 0.2) is 12.0 Å². The standard InChI is InChI=1S/C12H9F5O2/c1-19-10(11(13,14)12(15,16)17)9(7-18)8-5-3-2-4-6-8/h2-7H,1H3. The van der Waals surface area contributed by atoms with Gasteiger partial charge in [-0.1, -0.05) is 30.3 Å². The minimum atomic E-state index is -5.85. The zero-order valence-electron chi connectivity index (χ0n) is 9.67. The molecule has 1 aromatic carbocycles. The Hall–Kier alpha value is -1.92. The number of rotatable bonds is 4. The molecule has 0 spiro atoms. The normalized spacial score (nSPS) is 13.8. The Morgan fingerprint density at radius 1 is 1.11 bits per heavy atom. The SMILES string of the molecule is COC(=C(C=O)c1ccccc1)C(F)(F)C(F)(F)F. The maximum Gasteiger partial charge on any atom is 0.461 e. The van der Waals surface area contributed by atoms with Gasteiger partial charge in [-0.25, -0.2) is 0 Å². The van der Waals surface area contributed by atoms with E-state index in [0.717, 1.165) is 0 Å². The van der Waals surface area contributed by atoms with Gasteiger partial charge in [0.25, 0.3) is 0 Å². The van der Waals surface area contributed by atoms with Crippen LogP contribution >= 0.6 is 0 Å². The van der Waals surface area contributed by atoms with Gasteiger partial charge in [-0.2, -0.15) is 22.0 Å². The molecule has 0 saturated heterocycles. The van der Waals surface area contributed by atoms with Gasteiger partial charge in [0.05, 0.1) is 12.7 Å². The fraction of sp³-hybridized carbons (Fsp3) is 0.250. The highest BCUT2D eigenvalue weighted by atomic mass is 19.4. The van der Waals surface area contributed by atoms with Crippen molar-refractivity contribution in [3.05, 3.63) is 41.7 Å². The first-order valence-electron chi connectivity index (χ1n) is 4.99. The van der Waals surface area contributed by atoms with Gasteiger partial charge < -0.3 is 4.74 Å². The van der Waals surface area contributed by atoms with Crippen LogP contribution in [0.4, 0.5) is 22.0 Å². The summed E-state index contributed by atoms with van der Waals surface area (Å²) in [7, 11) is 0.654. The van der Waals surface area contributed by atoms with E-state index in [4.69, 9.17) is 0 Å². The molecule has 0 amide bonds. The molecule has 0 radical (unpaired) electrons. The van der Waals surface area contributed by atoms with E-state index in [-0.39, 0.29) is 11.8 Å². The van der Waals surface area contributed by atoms with Crippen LogP contribution in [0, 0.1) is 0 Å². The minimum absolute atomic E-state index is 0.0849. The third-order valence-corrected chi connectivity index (χ3v) is 2.29. The number of ether oxygens (including phenoxy) is 1. The zero-order valence-corrected chi connectivity index (χ0v) is 9.67. The molecule has 0 aliphatic heterocycles. The molecular formula is C12H9F5O2. The smallest absolute Gasteiger partial charge is 0.461 e. The molecule has 1 aromatic rings. The Labute approximate surface area is 105 Å². The maximum atomic E-state index is 13.3. The maximum absolute atomic E-state index is 13.3. The lowest BCUT2D eigenvalue weighted by Gasteiger charge is -2.23. The largest absolute Gasteiger partial charge is 0.494 e. The molecule has 0 bridgehead atoms. The molecule has 7 heteroatoms.